The Bertz CT molecular complexity index is 1490. The molecule has 202 valence electrons. The van der Waals surface area contributed by atoms with Crippen molar-refractivity contribution >= 4 is 28.2 Å². The maximum absolute atomic E-state index is 15.5. The third kappa shape index (κ3) is 5.38. The number of likely N-dealkylation sites (N-methyl/N-ethyl adjacent to an activating group) is 1. The molecule has 0 amide bonds. The van der Waals surface area contributed by atoms with Gasteiger partial charge in [0.2, 0.25) is 0 Å². The molecule has 0 bridgehead atoms. The molecule has 2 aliphatic rings. The lowest BCUT2D eigenvalue weighted by Crippen LogP contribution is -2.46. The lowest BCUT2D eigenvalue weighted by molar-refractivity contribution is 0.271. The highest BCUT2D eigenvalue weighted by molar-refractivity contribution is 6.11. The van der Waals surface area contributed by atoms with Crippen LogP contribution in [0.4, 0.5) is 15.9 Å². The predicted molar refractivity (Wildman–Crippen MR) is 153 cm³/mol. The molecular weight excluding hydrogens is 493 g/mol. The number of anilines is 2. The fraction of sp³-hybridized carbons (Fsp3) is 0.367. The van der Waals surface area contributed by atoms with Crippen molar-refractivity contribution in [1.82, 2.24) is 14.5 Å². The normalized spacial score (nSPS) is 22.5. The van der Waals surface area contributed by atoms with Gasteiger partial charge >= 0.3 is 0 Å². The van der Waals surface area contributed by atoms with Crippen LogP contribution in [0, 0.1) is 30.0 Å². The first-order valence-electron chi connectivity index (χ1n) is 13.4. The van der Waals surface area contributed by atoms with Gasteiger partial charge in [-0.1, -0.05) is 19.9 Å². The molecule has 39 heavy (non-hydrogen) atoms. The fourth-order valence-corrected chi connectivity index (χ4v) is 5.06. The number of allylic oxidation sites excluding steroid dienone is 2. The minimum atomic E-state index is -0.450. The Hall–Kier alpha value is -4.16. The molecule has 3 aromatic rings. The van der Waals surface area contributed by atoms with Gasteiger partial charge in [0.05, 0.1) is 17.4 Å². The van der Waals surface area contributed by atoms with Gasteiger partial charge in [-0.15, -0.1) is 0 Å². The summed E-state index contributed by atoms with van der Waals surface area (Å²) in [6.45, 7) is 11.1. The monoisotopic (exact) mass is 527 g/mol. The van der Waals surface area contributed by atoms with Crippen molar-refractivity contribution in [3.63, 3.8) is 0 Å². The fourth-order valence-electron chi connectivity index (χ4n) is 5.06. The molecule has 1 aromatic carbocycles. The standard InChI is InChI=1S/C30H34FN7O/c1-5-37-13-15-38(16-14-37)22-8-11-27(34-19-22)35-30-24(18-32)29(20(2)7-6-12-33-30)39-26-10-9-25-23(28(26)31)17-21(3)36(25)4/h6,8-12,17,19-20H,5,7,13-16H2,1-4H3,(H,33,34,35)/b12-6+,29-24+. The van der Waals surface area contributed by atoms with Gasteiger partial charge in [0, 0.05) is 56.4 Å². The molecule has 1 saturated heterocycles. The molecule has 5 rings (SSSR count). The maximum atomic E-state index is 15.5. The van der Waals surface area contributed by atoms with Crippen LogP contribution in [0.1, 0.15) is 26.0 Å². The molecule has 1 unspecified atom stereocenters. The summed E-state index contributed by atoms with van der Waals surface area (Å²) >= 11 is 0. The summed E-state index contributed by atoms with van der Waals surface area (Å²) in [5.41, 5.74) is 3.01. The van der Waals surface area contributed by atoms with Crippen LogP contribution < -0.4 is 15.0 Å². The van der Waals surface area contributed by atoms with E-state index in [2.05, 4.69) is 38.1 Å². The first kappa shape index (κ1) is 26.4. The molecule has 1 atom stereocenters. The van der Waals surface area contributed by atoms with Crippen molar-refractivity contribution in [2.45, 2.75) is 27.2 Å². The third-order valence-corrected chi connectivity index (χ3v) is 7.61. The van der Waals surface area contributed by atoms with Crippen LogP contribution in [0.15, 0.2) is 65.1 Å². The van der Waals surface area contributed by atoms with Crippen LogP contribution in [0.3, 0.4) is 0 Å². The van der Waals surface area contributed by atoms with E-state index in [0.717, 1.165) is 49.6 Å². The first-order chi connectivity index (χ1) is 18.9. The van der Waals surface area contributed by atoms with E-state index in [1.54, 1.807) is 18.3 Å². The number of nitrogens with zero attached hydrogens (tertiary/aromatic N) is 6. The number of aromatic nitrogens is 2. The Kier molecular flexibility index (Phi) is 7.66. The number of aryl methyl sites for hydroxylation is 2. The largest absolute Gasteiger partial charge is 0.457 e. The number of hydrogen-bond donors (Lipinski definition) is 1. The summed E-state index contributed by atoms with van der Waals surface area (Å²) in [6.07, 6.45) is 6.03. The van der Waals surface area contributed by atoms with Gasteiger partial charge in [-0.05, 0) is 50.2 Å². The molecule has 9 heteroatoms. The van der Waals surface area contributed by atoms with Gasteiger partial charge in [0.25, 0.3) is 0 Å². The third-order valence-electron chi connectivity index (χ3n) is 7.61. The van der Waals surface area contributed by atoms with E-state index in [9.17, 15) is 5.26 Å². The quantitative estimate of drug-likeness (QED) is 0.480. The van der Waals surface area contributed by atoms with E-state index in [0.29, 0.717) is 29.2 Å². The van der Waals surface area contributed by atoms with Crippen LogP contribution in [0.2, 0.25) is 0 Å². The summed E-state index contributed by atoms with van der Waals surface area (Å²) in [7, 11) is 1.90. The Morgan fingerprint density at radius 1 is 1.18 bits per heavy atom. The van der Waals surface area contributed by atoms with Crippen LogP contribution in [0.25, 0.3) is 10.9 Å². The number of nitrogens with one attached hydrogen (secondary N) is 1. The smallest absolute Gasteiger partial charge is 0.175 e. The lowest BCUT2D eigenvalue weighted by Gasteiger charge is -2.35. The number of nitriles is 1. The number of pyridine rings is 1. The van der Waals surface area contributed by atoms with Gasteiger partial charge in [0.1, 0.15) is 23.2 Å². The van der Waals surface area contributed by atoms with Gasteiger partial charge in [-0.3, -0.25) is 0 Å². The molecule has 0 saturated carbocycles. The van der Waals surface area contributed by atoms with Crippen molar-refractivity contribution in [3.8, 4) is 11.8 Å². The zero-order valence-corrected chi connectivity index (χ0v) is 22.9. The summed E-state index contributed by atoms with van der Waals surface area (Å²) in [5.74, 6) is 0.693. The van der Waals surface area contributed by atoms with Crippen molar-refractivity contribution in [2.75, 3.05) is 42.9 Å². The Labute approximate surface area is 228 Å². The lowest BCUT2D eigenvalue weighted by atomic mass is 9.99. The number of hydrogen-bond acceptors (Lipinski definition) is 7. The van der Waals surface area contributed by atoms with E-state index < -0.39 is 5.82 Å². The highest BCUT2D eigenvalue weighted by Crippen LogP contribution is 2.33. The summed E-state index contributed by atoms with van der Waals surface area (Å²) in [5, 5.41) is 13.9. The van der Waals surface area contributed by atoms with Gasteiger partial charge in [-0.2, -0.15) is 5.26 Å². The molecule has 1 fully saturated rings. The van der Waals surface area contributed by atoms with E-state index in [1.807, 2.05) is 55.9 Å². The van der Waals surface area contributed by atoms with Crippen molar-refractivity contribution in [2.24, 2.45) is 18.0 Å². The van der Waals surface area contributed by atoms with Gasteiger partial charge in [0.15, 0.2) is 17.4 Å². The van der Waals surface area contributed by atoms with Crippen molar-refractivity contribution in [3.05, 3.63) is 71.6 Å². The highest BCUT2D eigenvalue weighted by Gasteiger charge is 2.25. The Morgan fingerprint density at radius 3 is 2.67 bits per heavy atom. The number of piperazine rings is 1. The van der Waals surface area contributed by atoms with Crippen LogP contribution in [-0.4, -0.2) is 53.0 Å². The molecule has 2 aliphatic heterocycles. The summed E-state index contributed by atoms with van der Waals surface area (Å²) < 4.78 is 23.6. The molecule has 2 aromatic heterocycles. The SMILES string of the molecule is CCN1CCN(c2ccc(NC3=N/C=C/CC(C)/C(Oc4ccc5c(cc(C)n5C)c4F)=C\3C#N)nc2)CC1. The number of aliphatic imine (C=N–C) groups is 1. The van der Waals surface area contributed by atoms with E-state index in [1.165, 1.54) is 0 Å². The Balaban J connectivity index is 1.42. The van der Waals surface area contributed by atoms with Crippen molar-refractivity contribution < 1.29 is 9.13 Å². The number of rotatable bonds is 5. The minimum Gasteiger partial charge on any atom is -0.457 e. The van der Waals surface area contributed by atoms with E-state index in [4.69, 9.17) is 4.74 Å². The van der Waals surface area contributed by atoms with E-state index >= 15 is 4.39 Å². The van der Waals surface area contributed by atoms with Crippen molar-refractivity contribution in [1.29, 1.82) is 5.26 Å². The molecule has 4 heterocycles. The second-order valence-electron chi connectivity index (χ2n) is 10.1. The number of halogens is 1. The van der Waals surface area contributed by atoms with Crippen LogP contribution in [-0.2, 0) is 7.05 Å². The number of amidine groups is 1. The number of benzene rings is 1. The average Bonchev–Trinajstić information content (AvgIpc) is 3.25. The number of ether oxygens (including phenoxy) is 1. The molecule has 8 nitrogen and oxygen atoms in total. The summed E-state index contributed by atoms with van der Waals surface area (Å²) in [6, 6.07) is 11.4. The second-order valence-corrected chi connectivity index (χ2v) is 10.1. The number of fused-ring (bicyclic) bond motifs is 1. The molecule has 0 radical (unpaired) electrons. The average molecular weight is 528 g/mol. The molecular formula is C30H34FN7O. The maximum Gasteiger partial charge on any atom is 0.175 e. The molecule has 0 aliphatic carbocycles. The second kappa shape index (κ2) is 11.3. The minimum absolute atomic E-state index is 0.0808. The van der Waals surface area contributed by atoms with E-state index in [-0.39, 0.29) is 17.2 Å². The van der Waals surface area contributed by atoms with Gasteiger partial charge < -0.3 is 24.4 Å². The molecule has 1 N–H and O–H groups in total. The summed E-state index contributed by atoms with van der Waals surface area (Å²) in [4.78, 5) is 13.8. The zero-order chi connectivity index (χ0) is 27.5. The topological polar surface area (TPSA) is 81.7 Å². The molecule has 0 spiro atoms. The van der Waals surface area contributed by atoms with Gasteiger partial charge in [-0.25, -0.2) is 14.4 Å². The van der Waals surface area contributed by atoms with Crippen LogP contribution >= 0.6 is 0 Å². The highest BCUT2D eigenvalue weighted by atomic mass is 19.1. The predicted octanol–water partition coefficient (Wildman–Crippen LogP) is 5.38. The Morgan fingerprint density at radius 2 is 1.97 bits per heavy atom. The first-order valence-corrected chi connectivity index (χ1v) is 13.4. The zero-order valence-electron chi connectivity index (χ0n) is 22.9. The van der Waals surface area contributed by atoms with Crippen LogP contribution in [0.5, 0.6) is 5.75 Å².